The molecule has 2 rings (SSSR count). The Kier molecular flexibility index (Phi) is 3.02. The van der Waals surface area contributed by atoms with Crippen LogP contribution in [0.15, 0.2) is 18.2 Å². The zero-order chi connectivity index (χ0) is 12.5. The van der Waals surface area contributed by atoms with Gasteiger partial charge in [0.15, 0.2) is 0 Å². The lowest BCUT2D eigenvalue weighted by molar-refractivity contribution is -0.384. The third-order valence-corrected chi connectivity index (χ3v) is 3.34. The monoisotopic (exact) mass is 237 g/mol. The minimum atomic E-state index is -0.439. The molecule has 1 aliphatic carbocycles. The van der Waals surface area contributed by atoms with Crippen LogP contribution in [0.3, 0.4) is 0 Å². The fourth-order valence-electron chi connectivity index (χ4n) is 1.96. The van der Waals surface area contributed by atoms with Gasteiger partial charge < -0.3 is 9.84 Å². The molecule has 0 radical (unpaired) electrons. The summed E-state index contributed by atoms with van der Waals surface area (Å²) in [6, 6.07) is 4.63. The van der Waals surface area contributed by atoms with E-state index in [4.69, 9.17) is 4.74 Å². The molecule has 0 saturated heterocycles. The summed E-state index contributed by atoms with van der Waals surface area (Å²) in [6.07, 6.45) is 2.72. The van der Waals surface area contributed by atoms with E-state index in [-0.39, 0.29) is 17.7 Å². The van der Waals surface area contributed by atoms with Crippen molar-refractivity contribution in [2.45, 2.75) is 19.3 Å². The highest BCUT2D eigenvalue weighted by atomic mass is 16.6. The van der Waals surface area contributed by atoms with E-state index < -0.39 is 4.92 Å². The average Bonchev–Trinajstić information content (AvgIpc) is 3.10. The van der Waals surface area contributed by atoms with Gasteiger partial charge in [-0.25, -0.2) is 0 Å². The highest BCUT2D eigenvalue weighted by Crippen LogP contribution is 2.49. The fourth-order valence-corrected chi connectivity index (χ4v) is 1.96. The Morgan fingerprint density at radius 3 is 2.71 bits per heavy atom. The summed E-state index contributed by atoms with van der Waals surface area (Å²) in [4.78, 5) is 10.2. The number of aliphatic hydroxyl groups is 1. The predicted octanol–water partition coefficient (Wildman–Crippen LogP) is 1.92. The quantitative estimate of drug-likeness (QED) is 0.627. The molecule has 0 aromatic heterocycles. The van der Waals surface area contributed by atoms with Crippen LogP contribution in [-0.2, 0) is 6.42 Å². The van der Waals surface area contributed by atoms with Crippen LogP contribution in [0, 0.1) is 15.5 Å². The lowest BCUT2D eigenvalue weighted by atomic mass is 9.96. The van der Waals surface area contributed by atoms with Crippen LogP contribution in [0.4, 0.5) is 5.69 Å². The molecule has 1 fully saturated rings. The molecule has 1 aliphatic rings. The van der Waals surface area contributed by atoms with Crippen molar-refractivity contribution >= 4 is 5.69 Å². The minimum Gasteiger partial charge on any atom is -0.496 e. The summed E-state index contributed by atoms with van der Waals surface area (Å²) < 4.78 is 5.17. The van der Waals surface area contributed by atoms with E-state index in [2.05, 4.69) is 0 Å². The van der Waals surface area contributed by atoms with Crippen molar-refractivity contribution < 1.29 is 14.8 Å². The molecule has 0 aliphatic heterocycles. The predicted molar refractivity (Wildman–Crippen MR) is 62.1 cm³/mol. The summed E-state index contributed by atoms with van der Waals surface area (Å²) in [5.74, 6) is 0.527. The Morgan fingerprint density at radius 1 is 1.53 bits per heavy atom. The Morgan fingerprint density at radius 2 is 2.24 bits per heavy atom. The molecule has 1 saturated carbocycles. The van der Waals surface area contributed by atoms with E-state index in [0.717, 1.165) is 18.4 Å². The smallest absolute Gasteiger partial charge is 0.273 e. The average molecular weight is 237 g/mol. The number of methoxy groups -OCH3 is 1. The molecule has 0 spiro atoms. The lowest BCUT2D eigenvalue weighted by Gasteiger charge is -2.14. The van der Waals surface area contributed by atoms with Gasteiger partial charge in [0.2, 0.25) is 0 Å². The number of non-ortho nitro benzene ring substituents is 1. The standard InChI is InChI=1S/C12H15NO4/c1-17-11-6-10(13(15)16)3-2-9(11)7-12(8-14)4-5-12/h2-3,6,14H,4-5,7-8H2,1H3. The van der Waals surface area contributed by atoms with E-state index in [9.17, 15) is 15.2 Å². The zero-order valence-corrected chi connectivity index (χ0v) is 9.68. The number of nitro groups is 1. The van der Waals surface area contributed by atoms with Gasteiger partial charge in [-0.3, -0.25) is 10.1 Å². The number of aliphatic hydroxyl groups excluding tert-OH is 1. The molecule has 0 amide bonds. The maximum Gasteiger partial charge on any atom is 0.273 e. The first kappa shape index (κ1) is 11.9. The molecule has 92 valence electrons. The van der Waals surface area contributed by atoms with Crippen LogP contribution in [-0.4, -0.2) is 23.7 Å². The van der Waals surface area contributed by atoms with E-state index in [1.165, 1.54) is 19.2 Å². The van der Waals surface area contributed by atoms with E-state index in [0.29, 0.717) is 12.2 Å². The summed E-state index contributed by atoms with van der Waals surface area (Å²) in [5, 5.41) is 19.9. The van der Waals surface area contributed by atoms with E-state index >= 15 is 0 Å². The molecule has 17 heavy (non-hydrogen) atoms. The number of nitrogens with zero attached hydrogens (tertiary/aromatic N) is 1. The van der Waals surface area contributed by atoms with Crippen molar-refractivity contribution in [3.8, 4) is 5.75 Å². The van der Waals surface area contributed by atoms with E-state index in [1.807, 2.05) is 0 Å². The third-order valence-electron chi connectivity index (χ3n) is 3.34. The summed E-state index contributed by atoms with van der Waals surface area (Å²) in [6.45, 7) is 0.160. The normalized spacial score (nSPS) is 16.6. The van der Waals surface area contributed by atoms with Gasteiger partial charge in [-0.15, -0.1) is 0 Å². The summed E-state index contributed by atoms with van der Waals surface area (Å²) >= 11 is 0. The topological polar surface area (TPSA) is 72.6 Å². The van der Waals surface area contributed by atoms with Gasteiger partial charge >= 0.3 is 0 Å². The molecule has 5 heteroatoms. The fraction of sp³-hybridized carbons (Fsp3) is 0.500. The second kappa shape index (κ2) is 4.33. The first-order valence-electron chi connectivity index (χ1n) is 5.52. The summed E-state index contributed by atoms with van der Waals surface area (Å²) in [7, 11) is 1.50. The van der Waals surface area contributed by atoms with Crippen LogP contribution in [0.2, 0.25) is 0 Å². The molecular formula is C12H15NO4. The van der Waals surface area contributed by atoms with Crippen molar-refractivity contribution in [1.82, 2.24) is 0 Å². The van der Waals surface area contributed by atoms with Gasteiger partial charge in [-0.05, 0) is 36.3 Å². The molecule has 0 bridgehead atoms. The SMILES string of the molecule is COc1cc([N+](=O)[O-])ccc1CC1(CO)CC1. The van der Waals surface area contributed by atoms with Crippen molar-refractivity contribution in [1.29, 1.82) is 0 Å². The summed E-state index contributed by atoms with van der Waals surface area (Å²) in [5.41, 5.74) is 0.924. The Hall–Kier alpha value is -1.62. The minimum absolute atomic E-state index is 0.0244. The highest BCUT2D eigenvalue weighted by Gasteiger charge is 2.42. The van der Waals surface area contributed by atoms with Gasteiger partial charge in [0.25, 0.3) is 5.69 Å². The number of benzene rings is 1. The Labute approximate surface area is 99.2 Å². The zero-order valence-electron chi connectivity index (χ0n) is 9.68. The van der Waals surface area contributed by atoms with Crippen molar-refractivity contribution in [3.05, 3.63) is 33.9 Å². The Balaban J connectivity index is 2.25. The number of rotatable bonds is 5. The molecule has 1 aromatic rings. The number of hydrogen-bond donors (Lipinski definition) is 1. The Bertz CT molecular complexity index is 440. The van der Waals surface area contributed by atoms with Gasteiger partial charge in [-0.2, -0.15) is 0 Å². The van der Waals surface area contributed by atoms with Crippen molar-refractivity contribution in [2.24, 2.45) is 5.41 Å². The van der Waals surface area contributed by atoms with Gasteiger partial charge in [-0.1, -0.05) is 0 Å². The van der Waals surface area contributed by atoms with Crippen LogP contribution in [0.5, 0.6) is 5.75 Å². The van der Waals surface area contributed by atoms with Crippen LogP contribution in [0.1, 0.15) is 18.4 Å². The molecular weight excluding hydrogens is 222 g/mol. The lowest BCUT2D eigenvalue weighted by Crippen LogP contribution is -2.11. The van der Waals surface area contributed by atoms with E-state index in [1.54, 1.807) is 6.07 Å². The van der Waals surface area contributed by atoms with Crippen LogP contribution >= 0.6 is 0 Å². The van der Waals surface area contributed by atoms with Crippen LogP contribution < -0.4 is 4.74 Å². The number of hydrogen-bond acceptors (Lipinski definition) is 4. The molecule has 5 nitrogen and oxygen atoms in total. The third kappa shape index (κ3) is 2.39. The largest absolute Gasteiger partial charge is 0.496 e. The molecule has 0 atom stereocenters. The molecule has 0 unspecified atom stereocenters. The maximum atomic E-state index is 10.6. The van der Waals surface area contributed by atoms with Gasteiger partial charge in [0.1, 0.15) is 5.75 Å². The highest BCUT2D eigenvalue weighted by molar-refractivity contribution is 5.45. The number of ether oxygens (including phenoxy) is 1. The van der Waals surface area contributed by atoms with Gasteiger partial charge in [0.05, 0.1) is 18.1 Å². The van der Waals surface area contributed by atoms with Crippen molar-refractivity contribution in [2.75, 3.05) is 13.7 Å². The first-order valence-corrected chi connectivity index (χ1v) is 5.52. The van der Waals surface area contributed by atoms with Crippen molar-refractivity contribution in [3.63, 3.8) is 0 Å². The van der Waals surface area contributed by atoms with Crippen LogP contribution in [0.25, 0.3) is 0 Å². The van der Waals surface area contributed by atoms with Gasteiger partial charge in [0, 0.05) is 12.7 Å². The first-order chi connectivity index (χ1) is 8.10. The molecule has 0 heterocycles. The second-order valence-corrected chi connectivity index (χ2v) is 4.59. The maximum absolute atomic E-state index is 10.6. The number of nitro benzene ring substituents is 1. The molecule has 1 aromatic carbocycles. The second-order valence-electron chi connectivity index (χ2n) is 4.59. The molecule has 1 N–H and O–H groups in total.